The number of aliphatic hydroxyl groups excluding tert-OH is 3. The number of allylic oxidation sites excluding steroid dienone is 2. The van der Waals surface area contributed by atoms with Crippen LogP contribution in [0.5, 0.6) is 0 Å². The van der Waals surface area contributed by atoms with Gasteiger partial charge in [0.15, 0.2) is 0 Å². The van der Waals surface area contributed by atoms with Crippen molar-refractivity contribution in [2.75, 3.05) is 13.1 Å². The molecule has 3 aliphatic rings. The maximum Gasteiger partial charge on any atom is 0.143 e. The third kappa shape index (κ3) is 2.87. The van der Waals surface area contributed by atoms with Crippen molar-refractivity contribution in [1.29, 1.82) is 0 Å². The smallest absolute Gasteiger partial charge is 0.143 e. The van der Waals surface area contributed by atoms with Gasteiger partial charge in [-0.15, -0.1) is 0 Å². The van der Waals surface area contributed by atoms with Crippen LogP contribution in [0, 0.1) is 18.3 Å². The van der Waals surface area contributed by atoms with E-state index in [1.165, 1.54) is 17.5 Å². The molecule has 30 heavy (non-hydrogen) atoms. The first-order valence-corrected chi connectivity index (χ1v) is 10.8. The summed E-state index contributed by atoms with van der Waals surface area (Å²) in [6, 6.07) is 1.61. The van der Waals surface area contributed by atoms with Crippen molar-refractivity contribution in [2.24, 2.45) is 11.3 Å². The van der Waals surface area contributed by atoms with Crippen LogP contribution < -0.4 is 5.32 Å². The fourth-order valence-electron chi connectivity index (χ4n) is 5.79. The second kappa shape index (κ2) is 7.27. The van der Waals surface area contributed by atoms with E-state index in [0.717, 1.165) is 42.7 Å². The summed E-state index contributed by atoms with van der Waals surface area (Å²) in [5.41, 5.74) is 3.73. The Morgan fingerprint density at radius 1 is 1.27 bits per heavy atom. The molecule has 1 aliphatic heterocycles. The molecule has 0 saturated heterocycles. The summed E-state index contributed by atoms with van der Waals surface area (Å²) in [6.45, 7) is 5.74. The van der Waals surface area contributed by atoms with Crippen LogP contribution >= 0.6 is 0 Å². The van der Waals surface area contributed by atoms with Crippen LogP contribution in [-0.4, -0.2) is 61.3 Å². The molecule has 1 fully saturated rings. The summed E-state index contributed by atoms with van der Waals surface area (Å²) in [5.74, 6) is -0.419. The Labute approximate surface area is 176 Å². The highest BCUT2D eigenvalue weighted by Crippen LogP contribution is 2.49. The van der Waals surface area contributed by atoms with E-state index in [1.54, 1.807) is 0 Å². The van der Waals surface area contributed by atoms with Gasteiger partial charge in [-0.3, -0.25) is 0 Å². The van der Waals surface area contributed by atoms with E-state index >= 15 is 0 Å². The molecule has 0 radical (unpaired) electrons. The van der Waals surface area contributed by atoms with Crippen LogP contribution in [-0.2, 0) is 0 Å². The van der Waals surface area contributed by atoms with Crippen molar-refractivity contribution in [3.63, 3.8) is 0 Å². The number of rotatable bonds is 3. The largest absolute Gasteiger partial charge is 0.392 e. The minimum Gasteiger partial charge on any atom is -0.392 e. The Bertz CT molecular complexity index is 1030. The summed E-state index contributed by atoms with van der Waals surface area (Å²) in [4.78, 5) is 8.64. The Kier molecular flexibility index (Phi) is 4.82. The normalized spacial score (nSPS) is 35.1. The summed E-state index contributed by atoms with van der Waals surface area (Å²) in [7, 11) is 0. The number of nitrogens with one attached hydrogen (secondary N) is 1. The maximum absolute atomic E-state index is 11.5. The molecule has 160 valence electrons. The van der Waals surface area contributed by atoms with Gasteiger partial charge in [-0.2, -0.15) is 0 Å². The Hall–Kier alpha value is -2.06. The Balaban J connectivity index is 1.47. The Morgan fingerprint density at radius 3 is 2.93 bits per heavy atom. The summed E-state index contributed by atoms with van der Waals surface area (Å²) >= 11 is 0. The SMILES string of the molecule is Cc1ncnc2c1ccn2[C@@H]1C[C@H]([C@H](O)C2(C)CC=CC3=C2CNCC3)[C@@H](O)[C@H]1O. The highest BCUT2D eigenvalue weighted by Gasteiger charge is 2.52. The van der Waals surface area contributed by atoms with Gasteiger partial charge in [0.2, 0.25) is 0 Å². The predicted molar refractivity (Wildman–Crippen MR) is 114 cm³/mol. The number of aromatic nitrogens is 3. The molecule has 7 nitrogen and oxygen atoms in total. The van der Waals surface area contributed by atoms with Crippen molar-refractivity contribution >= 4 is 11.0 Å². The van der Waals surface area contributed by atoms with Gasteiger partial charge in [0, 0.05) is 29.5 Å². The molecule has 1 saturated carbocycles. The molecule has 1 unspecified atom stereocenters. The molecule has 2 aromatic rings. The molecular weight excluding hydrogens is 380 g/mol. The minimum absolute atomic E-state index is 0.341. The van der Waals surface area contributed by atoms with E-state index in [-0.39, 0.29) is 6.04 Å². The van der Waals surface area contributed by atoms with Crippen molar-refractivity contribution in [1.82, 2.24) is 19.9 Å². The van der Waals surface area contributed by atoms with Crippen molar-refractivity contribution in [3.05, 3.63) is 47.6 Å². The zero-order valence-electron chi connectivity index (χ0n) is 17.5. The number of nitrogens with zero attached hydrogens (tertiary/aromatic N) is 3. The van der Waals surface area contributed by atoms with Gasteiger partial charge >= 0.3 is 0 Å². The van der Waals surface area contributed by atoms with Gasteiger partial charge in [0.1, 0.15) is 18.1 Å². The molecule has 0 spiro atoms. The number of fused-ring (bicyclic) bond motifs is 1. The number of aliphatic hydroxyl groups is 3. The quantitative estimate of drug-likeness (QED) is 0.613. The lowest BCUT2D eigenvalue weighted by atomic mass is 9.65. The van der Waals surface area contributed by atoms with Crippen LogP contribution in [0.2, 0.25) is 0 Å². The van der Waals surface area contributed by atoms with Gasteiger partial charge < -0.3 is 25.2 Å². The summed E-state index contributed by atoms with van der Waals surface area (Å²) < 4.78 is 1.93. The van der Waals surface area contributed by atoms with Crippen molar-refractivity contribution in [2.45, 2.75) is 57.5 Å². The maximum atomic E-state index is 11.5. The molecule has 2 aromatic heterocycles. The monoisotopic (exact) mass is 410 g/mol. The topological polar surface area (TPSA) is 103 Å². The first-order chi connectivity index (χ1) is 14.4. The average Bonchev–Trinajstić information content (AvgIpc) is 3.30. The van der Waals surface area contributed by atoms with Gasteiger partial charge in [0.25, 0.3) is 0 Å². The van der Waals surface area contributed by atoms with Gasteiger partial charge in [-0.25, -0.2) is 9.97 Å². The van der Waals surface area contributed by atoms with E-state index in [9.17, 15) is 15.3 Å². The molecular formula is C23H30N4O3. The molecule has 5 rings (SSSR count). The van der Waals surface area contributed by atoms with Crippen LogP contribution in [0.4, 0.5) is 0 Å². The number of aryl methyl sites for hydroxylation is 1. The second-order valence-corrected chi connectivity index (χ2v) is 9.27. The number of hydrogen-bond donors (Lipinski definition) is 4. The molecule has 0 bridgehead atoms. The van der Waals surface area contributed by atoms with Crippen LogP contribution in [0.3, 0.4) is 0 Å². The first kappa shape index (κ1) is 19.9. The van der Waals surface area contributed by atoms with Gasteiger partial charge in [-0.1, -0.05) is 19.1 Å². The molecule has 2 aliphatic carbocycles. The highest BCUT2D eigenvalue weighted by molar-refractivity contribution is 5.78. The number of hydrogen-bond acceptors (Lipinski definition) is 6. The summed E-state index contributed by atoms with van der Waals surface area (Å²) in [6.07, 6.45) is 7.23. The van der Waals surface area contributed by atoms with E-state index in [2.05, 4.69) is 34.4 Å². The third-order valence-electron chi connectivity index (χ3n) is 7.63. The lowest BCUT2D eigenvalue weighted by Crippen LogP contribution is -2.47. The zero-order chi connectivity index (χ0) is 21.0. The molecule has 6 atom stereocenters. The van der Waals surface area contributed by atoms with E-state index in [4.69, 9.17) is 0 Å². The predicted octanol–water partition coefficient (Wildman–Crippen LogP) is 1.64. The molecule has 3 heterocycles. The second-order valence-electron chi connectivity index (χ2n) is 9.27. The third-order valence-corrected chi connectivity index (χ3v) is 7.63. The standard InChI is InChI=1S/C23H30N4O3/c1-13-15-6-9-27(22(15)26-12-25-13)18-10-16(19(28)20(18)29)21(30)23(2)7-3-4-14-5-8-24-11-17(14)23/h3-4,6,9,12,16,18-21,24,28-30H,5,7-8,10-11H2,1-2H3/t16-,18+,19+,20-,21-,23?/m0/s1. The van der Waals surface area contributed by atoms with E-state index in [0.29, 0.717) is 6.42 Å². The Morgan fingerprint density at radius 2 is 2.10 bits per heavy atom. The van der Waals surface area contributed by atoms with E-state index in [1.807, 2.05) is 23.8 Å². The minimum atomic E-state index is -0.992. The van der Waals surface area contributed by atoms with Crippen LogP contribution in [0.1, 0.15) is 37.9 Å². The molecule has 7 heteroatoms. The highest BCUT2D eigenvalue weighted by atomic mass is 16.3. The van der Waals surface area contributed by atoms with Crippen LogP contribution in [0.25, 0.3) is 11.0 Å². The first-order valence-electron chi connectivity index (χ1n) is 10.8. The van der Waals surface area contributed by atoms with Gasteiger partial charge in [-0.05, 0) is 49.9 Å². The summed E-state index contributed by atoms with van der Waals surface area (Å²) in [5, 5.41) is 37.8. The lowest BCUT2D eigenvalue weighted by molar-refractivity contribution is -0.0586. The van der Waals surface area contributed by atoms with Gasteiger partial charge in [0.05, 0.1) is 23.9 Å². The van der Waals surface area contributed by atoms with E-state index < -0.39 is 29.6 Å². The average molecular weight is 411 g/mol. The lowest BCUT2D eigenvalue weighted by Gasteiger charge is -2.44. The fraction of sp³-hybridized carbons (Fsp3) is 0.565. The van der Waals surface area contributed by atoms with Crippen molar-refractivity contribution in [3.8, 4) is 0 Å². The molecule has 0 amide bonds. The zero-order valence-corrected chi connectivity index (χ0v) is 17.5. The van der Waals surface area contributed by atoms with Crippen molar-refractivity contribution < 1.29 is 15.3 Å². The fourth-order valence-corrected chi connectivity index (χ4v) is 5.79. The van der Waals surface area contributed by atoms with Crippen LogP contribution in [0.15, 0.2) is 41.9 Å². The molecule has 4 N–H and O–H groups in total. The molecule has 0 aromatic carbocycles.